The molecule has 1 saturated carbocycles. The third-order valence-corrected chi connectivity index (χ3v) is 6.85. The molecule has 1 aliphatic heterocycles. The number of nitrogens with one attached hydrogen (secondary N) is 1. The van der Waals surface area contributed by atoms with Crippen LogP contribution in [0.2, 0.25) is 0 Å². The highest BCUT2D eigenvalue weighted by molar-refractivity contribution is 5.81. The Bertz CT molecular complexity index is 931. The lowest BCUT2D eigenvalue weighted by molar-refractivity contribution is -0.274. The first-order chi connectivity index (χ1) is 16.8. The molecule has 1 aromatic rings. The van der Waals surface area contributed by atoms with Gasteiger partial charge in [0.05, 0.1) is 6.04 Å². The van der Waals surface area contributed by atoms with Gasteiger partial charge in [-0.3, -0.25) is 9.59 Å². The van der Waals surface area contributed by atoms with E-state index in [9.17, 15) is 22.8 Å². The number of nitrogens with zero attached hydrogens (tertiary/aromatic N) is 1. The van der Waals surface area contributed by atoms with Crippen LogP contribution in [0.1, 0.15) is 44.9 Å². The van der Waals surface area contributed by atoms with Crippen molar-refractivity contribution in [2.45, 2.75) is 63.5 Å². The normalized spacial score (nSPS) is 23.7. The minimum Gasteiger partial charge on any atom is -0.484 e. The van der Waals surface area contributed by atoms with Gasteiger partial charge in [0, 0.05) is 24.9 Å². The van der Waals surface area contributed by atoms with Crippen molar-refractivity contribution < 1.29 is 32.2 Å². The van der Waals surface area contributed by atoms with Gasteiger partial charge in [0.25, 0.3) is 0 Å². The average Bonchev–Trinajstić information content (AvgIpc) is 2.85. The van der Waals surface area contributed by atoms with E-state index in [1.54, 1.807) is 12.2 Å². The van der Waals surface area contributed by atoms with Gasteiger partial charge in [0.1, 0.15) is 17.6 Å². The molecule has 2 atom stereocenters. The molecule has 2 aliphatic carbocycles. The summed E-state index contributed by atoms with van der Waals surface area (Å²) < 4.78 is 46.9. The minimum atomic E-state index is -4.76. The fraction of sp³-hybridized carbons (Fsp3) is 0.538. The zero-order valence-corrected chi connectivity index (χ0v) is 19.5. The second-order valence-corrected chi connectivity index (χ2v) is 9.34. The molecule has 6 nitrogen and oxygen atoms in total. The zero-order valence-electron chi connectivity index (χ0n) is 19.5. The Morgan fingerprint density at radius 1 is 0.857 bits per heavy atom. The number of halogens is 3. The molecule has 1 heterocycles. The summed E-state index contributed by atoms with van der Waals surface area (Å²) in [6, 6.07) is 4.74. The van der Waals surface area contributed by atoms with E-state index in [0.717, 1.165) is 25.7 Å². The number of carbonyl (C=O) groups excluding carboxylic acids is 2. The van der Waals surface area contributed by atoms with Gasteiger partial charge >= 0.3 is 6.36 Å². The summed E-state index contributed by atoms with van der Waals surface area (Å²) in [6.07, 6.45) is 8.61. The lowest BCUT2D eigenvalue weighted by atomic mass is 9.87. The van der Waals surface area contributed by atoms with E-state index in [4.69, 9.17) is 4.74 Å². The number of likely N-dealkylation sites (tertiary alicyclic amines) is 1. The van der Waals surface area contributed by atoms with Gasteiger partial charge in [-0.15, -0.1) is 13.2 Å². The number of hydrogen-bond donors (Lipinski definition) is 1. The van der Waals surface area contributed by atoms with Crippen LogP contribution in [-0.4, -0.2) is 48.3 Å². The number of piperidine rings is 1. The Labute approximate surface area is 203 Å². The van der Waals surface area contributed by atoms with E-state index >= 15 is 0 Å². The first-order valence-corrected chi connectivity index (χ1v) is 12.2. The van der Waals surface area contributed by atoms with Crippen molar-refractivity contribution >= 4 is 11.8 Å². The van der Waals surface area contributed by atoms with E-state index in [1.165, 1.54) is 30.7 Å². The number of rotatable bonds is 6. The van der Waals surface area contributed by atoms with Crippen LogP contribution < -0.4 is 14.8 Å². The fourth-order valence-electron chi connectivity index (χ4n) is 4.96. The molecule has 0 bridgehead atoms. The molecule has 1 saturated heterocycles. The van der Waals surface area contributed by atoms with Gasteiger partial charge in [0.2, 0.25) is 11.8 Å². The van der Waals surface area contributed by atoms with Crippen molar-refractivity contribution in [3.63, 3.8) is 0 Å². The van der Waals surface area contributed by atoms with Gasteiger partial charge < -0.3 is 19.7 Å². The first-order valence-electron chi connectivity index (χ1n) is 12.2. The van der Waals surface area contributed by atoms with Crippen molar-refractivity contribution in [1.29, 1.82) is 0 Å². The predicted octanol–water partition coefficient (Wildman–Crippen LogP) is 4.76. The number of hydrogen-bond acceptors (Lipinski definition) is 4. The van der Waals surface area contributed by atoms with Gasteiger partial charge in [-0.05, 0) is 56.0 Å². The summed E-state index contributed by atoms with van der Waals surface area (Å²) >= 11 is 0. The van der Waals surface area contributed by atoms with Crippen LogP contribution >= 0.6 is 0 Å². The van der Waals surface area contributed by atoms with E-state index < -0.39 is 18.5 Å². The highest BCUT2D eigenvalue weighted by atomic mass is 19.4. The number of allylic oxidation sites excluding steroid dienone is 2. The highest BCUT2D eigenvalue weighted by Crippen LogP contribution is 2.28. The molecule has 0 radical (unpaired) electrons. The maximum absolute atomic E-state index is 13.0. The molecular formula is C26H31F3N2O4. The first kappa shape index (κ1) is 25.1. The van der Waals surface area contributed by atoms with E-state index in [1.807, 2.05) is 17.1 Å². The molecule has 0 spiro atoms. The van der Waals surface area contributed by atoms with Gasteiger partial charge in [-0.25, -0.2) is 0 Å². The Morgan fingerprint density at radius 2 is 1.49 bits per heavy atom. The maximum atomic E-state index is 13.0. The maximum Gasteiger partial charge on any atom is 0.573 e. The molecule has 4 rings (SSSR count). The topological polar surface area (TPSA) is 67.9 Å². The number of alkyl halides is 3. The molecule has 1 N–H and O–H groups in total. The zero-order chi connectivity index (χ0) is 24.8. The highest BCUT2D eigenvalue weighted by Gasteiger charge is 2.33. The van der Waals surface area contributed by atoms with Crippen molar-refractivity contribution in [3.05, 3.63) is 48.6 Å². The lowest BCUT2D eigenvalue weighted by Crippen LogP contribution is -2.49. The lowest BCUT2D eigenvalue weighted by Gasteiger charge is -2.35. The number of carbonyl (C=O) groups is 2. The molecule has 35 heavy (non-hydrogen) atoms. The van der Waals surface area contributed by atoms with Crippen molar-refractivity contribution in [1.82, 2.24) is 10.2 Å². The molecule has 2 unspecified atom stereocenters. The molecule has 190 valence electrons. The van der Waals surface area contributed by atoms with Crippen LogP contribution in [0.5, 0.6) is 11.5 Å². The fourth-order valence-corrected chi connectivity index (χ4v) is 4.96. The summed E-state index contributed by atoms with van der Waals surface area (Å²) in [5.74, 6) is 0.149. The van der Waals surface area contributed by atoms with Crippen LogP contribution in [0.3, 0.4) is 0 Å². The van der Waals surface area contributed by atoms with Crippen LogP contribution in [-0.2, 0) is 9.59 Å². The summed E-state index contributed by atoms with van der Waals surface area (Å²) in [4.78, 5) is 27.7. The standard InChI is InChI=1S/C26H31F3N2O4/c27-26(28,29)35-21-12-10-20(11-13-21)34-23-9-5-4-8-22(23)30-24(32)18-14-16-31(17-15-18)25(33)19-6-2-1-3-7-19/h4-5,8-13,18-19,22-23H,1-3,6-7,14-17H2,(H,30,32). The van der Waals surface area contributed by atoms with Crippen LogP contribution in [0.4, 0.5) is 13.2 Å². The summed E-state index contributed by atoms with van der Waals surface area (Å²) in [6.45, 7) is 1.19. The summed E-state index contributed by atoms with van der Waals surface area (Å²) in [7, 11) is 0. The summed E-state index contributed by atoms with van der Waals surface area (Å²) in [5.41, 5.74) is 0. The second-order valence-electron chi connectivity index (χ2n) is 9.34. The largest absolute Gasteiger partial charge is 0.573 e. The molecule has 2 fully saturated rings. The van der Waals surface area contributed by atoms with Gasteiger partial charge in [-0.1, -0.05) is 37.5 Å². The smallest absolute Gasteiger partial charge is 0.484 e. The Morgan fingerprint density at radius 3 is 2.14 bits per heavy atom. The molecule has 2 amide bonds. The average molecular weight is 493 g/mol. The SMILES string of the molecule is O=C(NC1C=CC=CC1Oc1ccc(OC(F)(F)F)cc1)C1CCN(C(=O)C2CCCCC2)CC1. The van der Waals surface area contributed by atoms with Crippen molar-refractivity contribution in [2.24, 2.45) is 11.8 Å². The Balaban J connectivity index is 1.27. The number of benzene rings is 1. The third-order valence-electron chi connectivity index (χ3n) is 6.85. The predicted molar refractivity (Wildman–Crippen MR) is 124 cm³/mol. The van der Waals surface area contributed by atoms with Crippen LogP contribution in [0.25, 0.3) is 0 Å². The number of ether oxygens (including phenoxy) is 2. The van der Waals surface area contributed by atoms with Gasteiger partial charge in [0.15, 0.2) is 0 Å². The molecular weight excluding hydrogens is 461 g/mol. The quantitative estimate of drug-likeness (QED) is 0.622. The Kier molecular flexibility index (Phi) is 8.03. The molecule has 1 aromatic carbocycles. The second kappa shape index (κ2) is 11.2. The van der Waals surface area contributed by atoms with Crippen molar-refractivity contribution in [3.8, 4) is 11.5 Å². The van der Waals surface area contributed by atoms with E-state index in [-0.39, 0.29) is 29.4 Å². The number of amides is 2. The third kappa shape index (κ3) is 7.02. The van der Waals surface area contributed by atoms with Crippen LogP contribution in [0, 0.1) is 11.8 Å². The molecule has 9 heteroatoms. The molecule has 3 aliphatic rings. The van der Waals surface area contributed by atoms with E-state index in [2.05, 4.69) is 10.1 Å². The van der Waals surface area contributed by atoms with Gasteiger partial charge in [-0.2, -0.15) is 0 Å². The molecule has 0 aromatic heterocycles. The van der Waals surface area contributed by atoms with Crippen LogP contribution in [0.15, 0.2) is 48.6 Å². The monoisotopic (exact) mass is 492 g/mol. The van der Waals surface area contributed by atoms with Crippen molar-refractivity contribution in [2.75, 3.05) is 13.1 Å². The Hall–Kier alpha value is -2.97. The summed E-state index contributed by atoms with van der Waals surface area (Å²) in [5, 5.41) is 3.03. The van der Waals surface area contributed by atoms with E-state index in [0.29, 0.717) is 31.7 Å². The minimum absolute atomic E-state index is 0.0813.